The van der Waals surface area contributed by atoms with E-state index in [0.717, 1.165) is 21.7 Å². The molecule has 2 aromatic rings. The zero-order valence-electron chi connectivity index (χ0n) is 24.5. The summed E-state index contributed by atoms with van der Waals surface area (Å²) in [5.74, 6) is 1.42. The highest BCUT2D eigenvalue weighted by Crippen LogP contribution is 2.40. The standard InChI is InChI=1S/C31H39FN4O5S/c1-6-7-8-13-41-24-14-20(25-19(2)34-18-42-25)9-10-21(24)16-33-27(38)23-15-22(37)17-36(23)28(39)26(30(3,4)5)35-29(40)31(32)11-12-31/h1,9-10,14,18,22-23,26,37H,7-8,11-13,15-17H2,2-5H3,(H,33,38)(H,35,40)/t22-,23+,26-/m1/s1. The molecule has 9 nitrogen and oxygen atoms in total. The number of nitrogens with one attached hydrogen (secondary N) is 2. The van der Waals surface area contributed by atoms with Crippen molar-refractivity contribution < 1.29 is 28.6 Å². The Balaban J connectivity index is 1.49. The maximum Gasteiger partial charge on any atom is 0.258 e. The van der Waals surface area contributed by atoms with Crippen LogP contribution in [0.1, 0.15) is 64.1 Å². The molecule has 3 amide bonds. The third-order valence-corrected chi connectivity index (χ3v) is 8.58. The Morgan fingerprint density at radius 2 is 2.07 bits per heavy atom. The number of carbonyl (C=O) groups excluding carboxylic acids is 3. The number of halogens is 1. The molecule has 3 atom stereocenters. The van der Waals surface area contributed by atoms with Gasteiger partial charge in [-0.25, -0.2) is 9.37 Å². The number of benzene rings is 1. The fraction of sp³-hybridized carbons (Fsp3) is 0.548. The van der Waals surface area contributed by atoms with Gasteiger partial charge in [-0.3, -0.25) is 14.4 Å². The summed E-state index contributed by atoms with van der Waals surface area (Å²) in [5, 5.41) is 15.9. The van der Waals surface area contributed by atoms with Crippen LogP contribution in [0.25, 0.3) is 10.4 Å². The number of terminal acetylenes is 1. The van der Waals surface area contributed by atoms with Crippen LogP contribution in [0, 0.1) is 24.7 Å². The molecule has 1 saturated carbocycles. The first-order chi connectivity index (χ1) is 19.8. The third kappa shape index (κ3) is 7.28. The Bertz CT molecular complexity index is 1360. The number of likely N-dealkylation sites (tertiary alicyclic amines) is 1. The molecule has 2 fully saturated rings. The number of ether oxygens (including phenoxy) is 1. The van der Waals surface area contributed by atoms with Crippen LogP contribution in [0.2, 0.25) is 0 Å². The van der Waals surface area contributed by atoms with Crippen molar-refractivity contribution in [2.75, 3.05) is 13.2 Å². The van der Waals surface area contributed by atoms with Crippen molar-refractivity contribution in [3.05, 3.63) is 35.0 Å². The number of carbonyl (C=O) groups is 3. The summed E-state index contributed by atoms with van der Waals surface area (Å²) < 4.78 is 20.5. The number of aryl methyl sites for hydroxylation is 1. The summed E-state index contributed by atoms with van der Waals surface area (Å²) in [5.41, 5.74) is 1.68. The minimum absolute atomic E-state index is 0.0501. The first-order valence-corrected chi connectivity index (χ1v) is 15.1. The first-order valence-electron chi connectivity index (χ1n) is 14.2. The van der Waals surface area contributed by atoms with Crippen LogP contribution >= 0.6 is 11.3 Å². The summed E-state index contributed by atoms with van der Waals surface area (Å²) in [6.45, 7) is 7.70. The molecule has 0 unspecified atom stereocenters. The Kier molecular flexibility index (Phi) is 9.58. The van der Waals surface area contributed by atoms with E-state index in [9.17, 15) is 23.9 Å². The topological polar surface area (TPSA) is 121 Å². The van der Waals surface area contributed by atoms with Gasteiger partial charge in [0.05, 0.1) is 28.8 Å². The molecule has 0 bridgehead atoms. The molecule has 3 N–H and O–H groups in total. The number of amides is 3. The Labute approximate surface area is 250 Å². The molecule has 2 heterocycles. The normalized spacial score (nSPS) is 20.0. The van der Waals surface area contributed by atoms with Gasteiger partial charge in [-0.2, -0.15) is 0 Å². The van der Waals surface area contributed by atoms with Crippen LogP contribution < -0.4 is 15.4 Å². The first kappa shape index (κ1) is 31.4. The lowest BCUT2D eigenvalue weighted by Crippen LogP contribution is -2.59. The van der Waals surface area contributed by atoms with Crippen LogP contribution in [0.3, 0.4) is 0 Å². The molecule has 2 aliphatic rings. The number of unbranched alkanes of at least 4 members (excludes halogenated alkanes) is 1. The summed E-state index contributed by atoms with van der Waals surface area (Å²) >= 11 is 1.53. The second-order valence-electron chi connectivity index (χ2n) is 12.1. The van der Waals surface area contributed by atoms with Gasteiger partial charge in [0.1, 0.15) is 17.8 Å². The number of β-amino-alcohol motifs (C(OH)–C–C–N with tert-alkyl or cyclic N) is 1. The highest BCUT2D eigenvalue weighted by molar-refractivity contribution is 7.13. The Morgan fingerprint density at radius 1 is 1.33 bits per heavy atom. The van der Waals surface area contributed by atoms with Crippen molar-refractivity contribution in [3.8, 4) is 28.5 Å². The van der Waals surface area contributed by atoms with E-state index in [1.165, 1.54) is 16.2 Å². The number of aromatic nitrogens is 1. The number of hydrogen-bond acceptors (Lipinski definition) is 7. The van der Waals surface area contributed by atoms with Crippen LogP contribution in [0.5, 0.6) is 5.75 Å². The molecule has 42 heavy (non-hydrogen) atoms. The van der Waals surface area contributed by atoms with Crippen molar-refractivity contribution in [2.24, 2.45) is 5.41 Å². The zero-order valence-corrected chi connectivity index (χ0v) is 25.4. The van der Waals surface area contributed by atoms with Crippen molar-refractivity contribution in [1.82, 2.24) is 20.5 Å². The lowest BCUT2D eigenvalue weighted by atomic mass is 9.85. The van der Waals surface area contributed by atoms with Gasteiger partial charge in [0.15, 0.2) is 5.67 Å². The molecule has 4 rings (SSSR count). The Morgan fingerprint density at radius 3 is 2.69 bits per heavy atom. The van der Waals surface area contributed by atoms with Gasteiger partial charge in [0.2, 0.25) is 11.8 Å². The van der Waals surface area contributed by atoms with Crippen LogP contribution in [0.15, 0.2) is 23.7 Å². The number of hydrogen-bond donors (Lipinski definition) is 3. The lowest BCUT2D eigenvalue weighted by molar-refractivity contribution is -0.145. The minimum Gasteiger partial charge on any atom is -0.493 e. The highest BCUT2D eigenvalue weighted by Gasteiger charge is 2.53. The van der Waals surface area contributed by atoms with Crippen LogP contribution in [0.4, 0.5) is 4.39 Å². The van der Waals surface area contributed by atoms with Gasteiger partial charge in [-0.05, 0) is 43.2 Å². The average Bonchev–Trinajstić information content (AvgIpc) is 3.35. The summed E-state index contributed by atoms with van der Waals surface area (Å²) in [6, 6.07) is 3.73. The summed E-state index contributed by atoms with van der Waals surface area (Å²) in [7, 11) is 0. The molecule has 1 aromatic carbocycles. The van der Waals surface area contributed by atoms with Gasteiger partial charge >= 0.3 is 0 Å². The van der Waals surface area contributed by atoms with Gasteiger partial charge in [-0.1, -0.05) is 32.9 Å². The molecule has 1 aliphatic carbocycles. The van der Waals surface area contributed by atoms with Crippen molar-refractivity contribution in [3.63, 3.8) is 0 Å². The van der Waals surface area contributed by atoms with E-state index in [0.29, 0.717) is 25.2 Å². The van der Waals surface area contributed by atoms with E-state index in [4.69, 9.17) is 11.2 Å². The van der Waals surface area contributed by atoms with Gasteiger partial charge in [0, 0.05) is 31.5 Å². The zero-order chi connectivity index (χ0) is 30.7. The molecule has 226 valence electrons. The second kappa shape index (κ2) is 12.8. The molecule has 0 radical (unpaired) electrons. The quantitative estimate of drug-likeness (QED) is 0.269. The van der Waals surface area contributed by atoms with E-state index < -0.39 is 47.0 Å². The maximum absolute atomic E-state index is 14.4. The number of rotatable bonds is 11. The maximum atomic E-state index is 14.4. The number of nitrogens with zero attached hydrogens (tertiary/aromatic N) is 2. The van der Waals surface area contributed by atoms with Gasteiger partial charge < -0.3 is 25.4 Å². The number of aliphatic hydroxyl groups excluding tert-OH is 1. The third-order valence-electron chi connectivity index (χ3n) is 7.60. The second-order valence-corrected chi connectivity index (χ2v) is 13.0. The fourth-order valence-corrected chi connectivity index (χ4v) is 5.73. The molecule has 1 saturated heterocycles. The predicted molar refractivity (Wildman–Crippen MR) is 158 cm³/mol. The number of aliphatic hydroxyl groups is 1. The largest absolute Gasteiger partial charge is 0.493 e. The summed E-state index contributed by atoms with van der Waals surface area (Å²) in [4.78, 5) is 46.2. The molecule has 1 aromatic heterocycles. The average molecular weight is 599 g/mol. The van der Waals surface area contributed by atoms with Crippen molar-refractivity contribution in [1.29, 1.82) is 0 Å². The number of thiazole rings is 1. The fourth-order valence-electron chi connectivity index (χ4n) is 4.93. The minimum atomic E-state index is -1.94. The number of alkyl halides is 1. The lowest BCUT2D eigenvalue weighted by Gasteiger charge is -2.35. The Hall–Kier alpha value is -3.49. The van der Waals surface area contributed by atoms with E-state index >= 15 is 0 Å². The monoisotopic (exact) mass is 598 g/mol. The molecule has 1 aliphatic heterocycles. The van der Waals surface area contributed by atoms with E-state index in [-0.39, 0.29) is 32.4 Å². The molecular weight excluding hydrogens is 559 g/mol. The van der Waals surface area contributed by atoms with E-state index in [2.05, 4.69) is 21.5 Å². The van der Waals surface area contributed by atoms with Crippen LogP contribution in [-0.4, -0.2) is 69.7 Å². The predicted octanol–water partition coefficient (Wildman–Crippen LogP) is 3.52. The van der Waals surface area contributed by atoms with E-state index in [1.54, 1.807) is 26.3 Å². The van der Waals surface area contributed by atoms with E-state index in [1.807, 2.05) is 25.1 Å². The van der Waals surface area contributed by atoms with Gasteiger partial charge in [0.25, 0.3) is 5.91 Å². The molecular formula is C31H39FN4O5S. The molecule has 11 heteroatoms. The molecule has 0 spiro atoms. The van der Waals surface area contributed by atoms with Crippen molar-refractivity contribution >= 4 is 29.1 Å². The highest BCUT2D eigenvalue weighted by atomic mass is 32.1. The van der Waals surface area contributed by atoms with Crippen molar-refractivity contribution in [2.45, 2.75) is 90.2 Å². The van der Waals surface area contributed by atoms with Gasteiger partial charge in [-0.15, -0.1) is 23.7 Å². The van der Waals surface area contributed by atoms with Crippen LogP contribution in [-0.2, 0) is 20.9 Å². The summed E-state index contributed by atoms with van der Waals surface area (Å²) in [6.07, 6.45) is 6.02. The smallest absolute Gasteiger partial charge is 0.258 e. The SMILES string of the molecule is C#CCCCOc1cc(-c2scnc2C)ccc1CNC(=O)[C@@H]1C[C@@H](O)CN1C(=O)[C@@H](NC(=O)C1(F)CC1)C(C)(C)C.